The van der Waals surface area contributed by atoms with Crippen LogP contribution in [0.5, 0.6) is 0 Å². The Morgan fingerprint density at radius 2 is 1.96 bits per heavy atom. The summed E-state index contributed by atoms with van der Waals surface area (Å²) in [6, 6.07) is 7.65. The molecule has 2 aliphatic rings. The summed E-state index contributed by atoms with van der Waals surface area (Å²) < 4.78 is 0. The zero-order chi connectivity index (χ0) is 16.9. The number of nitrogens with one attached hydrogen (secondary N) is 2. The number of aryl methyl sites for hydroxylation is 1. The second kappa shape index (κ2) is 7.66. The summed E-state index contributed by atoms with van der Waals surface area (Å²) in [6.45, 7) is 6.48. The summed E-state index contributed by atoms with van der Waals surface area (Å²) in [4.78, 5) is 28.9. The van der Waals surface area contributed by atoms with E-state index in [1.807, 2.05) is 36.1 Å². The molecule has 0 bridgehead atoms. The van der Waals surface area contributed by atoms with Gasteiger partial charge in [0.15, 0.2) is 0 Å². The standard InChI is InChI=1S/C18H26N4O2/c1-14-4-2-6-16(12-14)20-18(24)22-9-3-5-15(13-22)17(23)21-10-7-19-8-11-21/h2,4,6,12,15,19H,3,5,7-11,13H2,1H3,(H,20,24). The van der Waals surface area contributed by atoms with Crippen LogP contribution in [0, 0.1) is 12.8 Å². The van der Waals surface area contributed by atoms with Crippen LogP contribution in [0.3, 0.4) is 0 Å². The van der Waals surface area contributed by atoms with Crippen molar-refractivity contribution in [3.05, 3.63) is 29.8 Å². The van der Waals surface area contributed by atoms with Gasteiger partial charge in [-0.2, -0.15) is 0 Å². The maximum absolute atomic E-state index is 12.7. The van der Waals surface area contributed by atoms with Crippen molar-refractivity contribution in [2.75, 3.05) is 44.6 Å². The minimum atomic E-state index is -0.113. The van der Waals surface area contributed by atoms with Crippen LogP contribution in [0.1, 0.15) is 18.4 Å². The highest BCUT2D eigenvalue weighted by molar-refractivity contribution is 5.90. The number of amides is 3. The Hall–Kier alpha value is -2.08. The third-order valence-corrected chi connectivity index (χ3v) is 4.76. The van der Waals surface area contributed by atoms with Gasteiger partial charge < -0.3 is 20.4 Å². The molecule has 3 rings (SSSR count). The van der Waals surface area contributed by atoms with Crippen molar-refractivity contribution < 1.29 is 9.59 Å². The molecule has 2 saturated heterocycles. The van der Waals surface area contributed by atoms with E-state index in [9.17, 15) is 9.59 Å². The van der Waals surface area contributed by atoms with E-state index >= 15 is 0 Å². The third kappa shape index (κ3) is 4.06. The molecule has 1 atom stereocenters. The molecule has 130 valence electrons. The van der Waals surface area contributed by atoms with Crippen molar-refractivity contribution in [1.82, 2.24) is 15.1 Å². The topological polar surface area (TPSA) is 64.7 Å². The van der Waals surface area contributed by atoms with E-state index in [0.717, 1.165) is 50.3 Å². The van der Waals surface area contributed by atoms with Gasteiger partial charge in [0.25, 0.3) is 0 Å². The zero-order valence-corrected chi connectivity index (χ0v) is 14.3. The Labute approximate surface area is 143 Å². The first-order valence-corrected chi connectivity index (χ1v) is 8.75. The molecule has 0 aliphatic carbocycles. The second-order valence-corrected chi connectivity index (χ2v) is 6.66. The van der Waals surface area contributed by atoms with E-state index in [4.69, 9.17) is 0 Å². The van der Waals surface area contributed by atoms with Gasteiger partial charge in [0.1, 0.15) is 0 Å². The summed E-state index contributed by atoms with van der Waals surface area (Å²) in [7, 11) is 0. The predicted octanol–water partition coefficient (Wildman–Crippen LogP) is 1.67. The maximum Gasteiger partial charge on any atom is 0.321 e. The van der Waals surface area contributed by atoms with Gasteiger partial charge in [-0.15, -0.1) is 0 Å². The van der Waals surface area contributed by atoms with Crippen molar-refractivity contribution in [3.63, 3.8) is 0 Å². The molecule has 2 heterocycles. The molecule has 6 heteroatoms. The molecule has 2 fully saturated rings. The molecule has 3 amide bonds. The third-order valence-electron chi connectivity index (χ3n) is 4.76. The van der Waals surface area contributed by atoms with Crippen LogP contribution in [0.15, 0.2) is 24.3 Å². The van der Waals surface area contributed by atoms with Crippen LogP contribution < -0.4 is 10.6 Å². The smallest absolute Gasteiger partial charge is 0.321 e. The quantitative estimate of drug-likeness (QED) is 0.867. The van der Waals surface area contributed by atoms with E-state index in [-0.39, 0.29) is 17.9 Å². The first-order valence-electron chi connectivity index (χ1n) is 8.75. The number of benzene rings is 1. The predicted molar refractivity (Wildman–Crippen MR) is 93.9 cm³/mol. The molecule has 0 radical (unpaired) electrons. The van der Waals surface area contributed by atoms with Crippen LogP contribution in [-0.2, 0) is 4.79 Å². The average Bonchev–Trinajstić information content (AvgIpc) is 2.62. The van der Waals surface area contributed by atoms with Crippen molar-refractivity contribution in [1.29, 1.82) is 0 Å². The molecule has 1 unspecified atom stereocenters. The number of piperidine rings is 1. The van der Waals surface area contributed by atoms with Crippen molar-refractivity contribution in [2.45, 2.75) is 19.8 Å². The van der Waals surface area contributed by atoms with Gasteiger partial charge in [0.05, 0.1) is 5.92 Å². The molecule has 2 aliphatic heterocycles. The number of carbonyl (C=O) groups excluding carboxylic acids is 2. The minimum Gasteiger partial charge on any atom is -0.340 e. The number of piperazine rings is 1. The highest BCUT2D eigenvalue weighted by Gasteiger charge is 2.31. The molecule has 1 aromatic rings. The summed E-state index contributed by atoms with van der Waals surface area (Å²) >= 11 is 0. The van der Waals surface area contributed by atoms with Gasteiger partial charge in [-0.1, -0.05) is 12.1 Å². The number of likely N-dealkylation sites (tertiary alicyclic amines) is 1. The highest BCUT2D eigenvalue weighted by Crippen LogP contribution is 2.20. The van der Waals surface area contributed by atoms with Crippen LogP contribution in [-0.4, -0.2) is 61.0 Å². The maximum atomic E-state index is 12.7. The summed E-state index contributed by atoms with van der Waals surface area (Å²) in [5.74, 6) is 0.129. The van der Waals surface area contributed by atoms with Gasteiger partial charge in [0, 0.05) is 45.0 Å². The summed E-state index contributed by atoms with van der Waals surface area (Å²) in [6.07, 6.45) is 1.75. The average molecular weight is 330 g/mol. The number of anilines is 1. The number of nitrogens with zero attached hydrogens (tertiary/aromatic N) is 2. The molecule has 6 nitrogen and oxygen atoms in total. The first-order chi connectivity index (χ1) is 11.6. The van der Waals surface area contributed by atoms with Crippen molar-refractivity contribution >= 4 is 17.6 Å². The fourth-order valence-corrected chi connectivity index (χ4v) is 3.43. The fourth-order valence-electron chi connectivity index (χ4n) is 3.43. The van der Waals surface area contributed by atoms with E-state index in [0.29, 0.717) is 13.1 Å². The monoisotopic (exact) mass is 330 g/mol. The number of urea groups is 1. The normalized spacial score (nSPS) is 21.5. The van der Waals surface area contributed by atoms with E-state index < -0.39 is 0 Å². The van der Waals surface area contributed by atoms with Gasteiger partial charge in [-0.05, 0) is 37.5 Å². The van der Waals surface area contributed by atoms with Gasteiger partial charge in [-0.25, -0.2) is 4.79 Å². The Balaban J connectivity index is 1.58. The largest absolute Gasteiger partial charge is 0.340 e. The number of rotatable bonds is 2. The van der Waals surface area contributed by atoms with Gasteiger partial charge in [-0.3, -0.25) is 4.79 Å². The van der Waals surface area contributed by atoms with Crippen LogP contribution in [0.4, 0.5) is 10.5 Å². The lowest BCUT2D eigenvalue weighted by atomic mass is 9.96. The minimum absolute atomic E-state index is 0.0693. The second-order valence-electron chi connectivity index (χ2n) is 6.66. The van der Waals surface area contributed by atoms with Crippen LogP contribution in [0.25, 0.3) is 0 Å². The molecular formula is C18H26N4O2. The Morgan fingerprint density at radius 1 is 1.17 bits per heavy atom. The molecule has 2 N–H and O–H groups in total. The first kappa shape index (κ1) is 16.8. The zero-order valence-electron chi connectivity index (χ0n) is 14.3. The molecule has 0 spiro atoms. The Morgan fingerprint density at radius 3 is 2.71 bits per heavy atom. The summed E-state index contributed by atoms with van der Waals surface area (Å²) in [5.41, 5.74) is 1.91. The number of carbonyl (C=O) groups is 2. The molecule has 24 heavy (non-hydrogen) atoms. The molecule has 0 aromatic heterocycles. The Bertz CT molecular complexity index is 598. The SMILES string of the molecule is Cc1cccc(NC(=O)N2CCCC(C(=O)N3CCNCC3)C2)c1. The molecule has 1 aromatic carbocycles. The lowest BCUT2D eigenvalue weighted by Crippen LogP contribution is -2.52. The van der Waals surface area contributed by atoms with Gasteiger partial charge >= 0.3 is 6.03 Å². The van der Waals surface area contributed by atoms with Crippen LogP contribution >= 0.6 is 0 Å². The fraction of sp³-hybridized carbons (Fsp3) is 0.556. The summed E-state index contributed by atoms with van der Waals surface area (Å²) in [5, 5.41) is 6.21. The number of hydrogen-bond acceptors (Lipinski definition) is 3. The lowest BCUT2D eigenvalue weighted by molar-refractivity contribution is -0.137. The van der Waals surface area contributed by atoms with E-state index in [2.05, 4.69) is 10.6 Å². The van der Waals surface area contributed by atoms with Gasteiger partial charge in [0.2, 0.25) is 5.91 Å². The highest BCUT2D eigenvalue weighted by atomic mass is 16.2. The van der Waals surface area contributed by atoms with Crippen molar-refractivity contribution in [2.24, 2.45) is 5.92 Å². The Kier molecular flexibility index (Phi) is 5.35. The lowest BCUT2D eigenvalue weighted by Gasteiger charge is -2.36. The van der Waals surface area contributed by atoms with Crippen molar-refractivity contribution in [3.8, 4) is 0 Å². The van der Waals surface area contributed by atoms with E-state index in [1.165, 1.54) is 0 Å². The molecule has 0 saturated carbocycles. The molecular weight excluding hydrogens is 304 g/mol. The van der Waals surface area contributed by atoms with Crippen LogP contribution in [0.2, 0.25) is 0 Å². The van der Waals surface area contributed by atoms with E-state index in [1.54, 1.807) is 4.90 Å². The number of hydrogen-bond donors (Lipinski definition) is 2.